The Morgan fingerprint density at radius 2 is 2.14 bits per heavy atom. The lowest BCUT2D eigenvalue weighted by molar-refractivity contribution is -0.385. The predicted octanol–water partition coefficient (Wildman–Crippen LogP) is 1.77. The van der Waals surface area contributed by atoms with E-state index >= 15 is 0 Å². The zero-order chi connectivity index (χ0) is 20.7. The first-order chi connectivity index (χ1) is 13.3. The van der Waals surface area contributed by atoms with Crippen molar-refractivity contribution >= 4 is 22.9 Å². The maximum Gasteiger partial charge on any atom is 0.286 e. The SMILES string of the molecule is COC[C@@](C)(O)CNC(=O)c1cc(OC)c(OCc2cscn2)cc1[N+](=O)[O-]. The maximum absolute atomic E-state index is 12.5. The first-order valence-electron chi connectivity index (χ1n) is 8.13. The molecule has 0 saturated heterocycles. The largest absolute Gasteiger partial charge is 0.493 e. The van der Waals surface area contributed by atoms with E-state index in [-0.39, 0.29) is 36.8 Å². The summed E-state index contributed by atoms with van der Waals surface area (Å²) in [5, 5.41) is 25.8. The van der Waals surface area contributed by atoms with E-state index in [1.54, 1.807) is 10.9 Å². The number of nitrogens with one attached hydrogen (secondary N) is 1. The summed E-state index contributed by atoms with van der Waals surface area (Å²) in [6, 6.07) is 2.36. The highest BCUT2D eigenvalue weighted by Gasteiger charge is 2.27. The van der Waals surface area contributed by atoms with Gasteiger partial charge in [-0.15, -0.1) is 11.3 Å². The average molecular weight is 411 g/mol. The van der Waals surface area contributed by atoms with E-state index in [9.17, 15) is 20.0 Å². The number of thiazole rings is 1. The number of methoxy groups -OCH3 is 2. The number of nitrogens with zero attached hydrogens (tertiary/aromatic N) is 2. The summed E-state index contributed by atoms with van der Waals surface area (Å²) in [6.07, 6.45) is 0. The summed E-state index contributed by atoms with van der Waals surface area (Å²) >= 11 is 1.40. The number of carbonyl (C=O) groups is 1. The van der Waals surface area contributed by atoms with Crippen LogP contribution in [0.15, 0.2) is 23.0 Å². The van der Waals surface area contributed by atoms with Gasteiger partial charge in [-0.05, 0) is 6.92 Å². The van der Waals surface area contributed by atoms with E-state index in [0.29, 0.717) is 5.69 Å². The van der Waals surface area contributed by atoms with Crippen LogP contribution in [0, 0.1) is 10.1 Å². The molecule has 0 spiro atoms. The molecule has 11 heteroatoms. The highest BCUT2D eigenvalue weighted by Crippen LogP contribution is 2.35. The second-order valence-corrected chi connectivity index (χ2v) is 6.88. The number of amides is 1. The van der Waals surface area contributed by atoms with Crippen molar-refractivity contribution < 1.29 is 29.0 Å². The van der Waals surface area contributed by atoms with E-state index in [1.807, 2.05) is 0 Å². The second-order valence-electron chi connectivity index (χ2n) is 6.16. The van der Waals surface area contributed by atoms with Gasteiger partial charge in [-0.2, -0.15) is 0 Å². The fourth-order valence-electron chi connectivity index (χ4n) is 2.34. The van der Waals surface area contributed by atoms with Crippen molar-refractivity contribution in [1.82, 2.24) is 10.3 Å². The molecule has 0 unspecified atom stereocenters. The van der Waals surface area contributed by atoms with Crippen molar-refractivity contribution in [3.63, 3.8) is 0 Å². The van der Waals surface area contributed by atoms with Gasteiger partial charge in [-0.1, -0.05) is 0 Å². The number of hydrogen-bond acceptors (Lipinski definition) is 9. The molecule has 2 N–H and O–H groups in total. The van der Waals surface area contributed by atoms with Crippen LogP contribution in [0.3, 0.4) is 0 Å². The van der Waals surface area contributed by atoms with Gasteiger partial charge >= 0.3 is 0 Å². The van der Waals surface area contributed by atoms with Crippen LogP contribution in [0.4, 0.5) is 5.69 Å². The van der Waals surface area contributed by atoms with Crippen LogP contribution >= 0.6 is 11.3 Å². The first kappa shape index (κ1) is 21.5. The van der Waals surface area contributed by atoms with Gasteiger partial charge in [0.25, 0.3) is 11.6 Å². The number of aliphatic hydroxyl groups is 1. The van der Waals surface area contributed by atoms with E-state index in [4.69, 9.17) is 14.2 Å². The predicted molar refractivity (Wildman–Crippen MR) is 101 cm³/mol. The molecular formula is C17H21N3O7S. The number of aromatic nitrogens is 1. The molecule has 2 rings (SSSR count). The van der Waals surface area contributed by atoms with Gasteiger partial charge in [0.1, 0.15) is 17.8 Å². The number of nitro benzene ring substituents is 1. The lowest BCUT2D eigenvalue weighted by Gasteiger charge is -2.22. The lowest BCUT2D eigenvalue weighted by Crippen LogP contribution is -2.43. The molecule has 0 bridgehead atoms. The Morgan fingerprint density at radius 1 is 1.39 bits per heavy atom. The summed E-state index contributed by atoms with van der Waals surface area (Å²) in [4.78, 5) is 27.3. The number of carbonyl (C=O) groups excluding carboxylic acids is 1. The van der Waals surface area contributed by atoms with E-state index in [2.05, 4.69) is 10.3 Å². The van der Waals surface area contributed by atoms with Crippen LogP contribution in [-0.2, 0) is 11.3 Å². The minimum atomic E-state index is -1.32. The van der Waals surface area contributed by atoms with Gasteiger partial charge in [0.05, 0.1) is 35.9 Å². The van der Waals surface area contributed by atoms with E-state index < -0.39 is 22.1 Å². The van der Waals surface area contributed by atoms with Crippen molar-refractivity contribution in [3.05, 3.63) is 44.4 Å². The van der Waals surface area contributed by atoms with Crippen LogP contribution < -0.4 is 14.8 Å². The van der Waals surface area contributed by atoms with Crippen LogP contribution in [0.5, 0.6) is 11.5 Å². The van der Waals surface area contributed by atoms with Crippen molar-refractivity contribution in [2.75, 3.05) is 27.4 Å². The topological polar surface area (TPSA) is 133 Å². The Bertz CT molecular complexity index is 824. The molecule has 152 valence electrons. The summed E-state index contributed by atoms with van der Waals surface area (Å²) in [5.74, 6) is -0.452. The van der Waals surface area contributed by atoms with Crippen molar-refractivity contribution in [3.8, 4) is 11.5 Å². The molecule has 0 aliphatic heterocycles. The van der Waals surface area contributed by atoms with Crippen LogP contribution in [0.25, 0.3) is 0 Å². The Morgan fingerprint density at radius 3 is 2.71 bits per heavy atom. The molecule has 0 radical (unpaired) electrons. The lowest BCUT2D eigenvalue weighted by atomic mass is 10.1. The molecule has 0 aliphatic rings. The molecule has 10 nitrogen and oxygen atoms in total. The van der Waals surface area contributed by atoms with Gasteiger partial charge in [0.2, 0.25) is 0 Å². The monoisotopic (exact) mass is 411 g/mol. The van der Waals surface area contributed by atoms with Gasteiger partial charge in [-0.3, -0.25) is 14.9 Å². The zero-order valence-electron chi connectivity index (χ0n) is 15.6. The van der Waals surface area contributed by atoms with Gasteiger partial charge < -0.3 is 24.6 Å². The Balaban J connectivity index is 2.25. The van der Waals surface area contributed by atoms with Crippen molar-refractivity contribution in [2.45, 2.75) is 19.1 Å². The molecule has 28 heavy (non-hydrogen) atoms. The number of benzene rings is 1. The molecule has 0 fully saturated rings. The maximum atomic E-state index is 12.5. The van der Waals surface area contributed by atoms with Crippen molar-refractivity contribution in [2.24, 2.45) is 0 Å². The number of rotatable bonds is 10. The molecule has 1 heterocycles. The fraction of sp³-hybridized carbons (Fsp3) is 0.412. The van der Waals surface area contributed by atoms with Crippen LogP contribution in [-0.4, -0.2) is 53.9 Å². The quantitative estimate of drug-likeness (QED) is 0.446. The van der Waals surface area contributed by atoms with E-state index in [1.165, 1.54) is 38.5 Å². The minimum Gasteiger partial charge on any atom is -0.493 e. The highest BCUT2D eigenvalue weighted by atomic mass is 32.1. The summed E-state index contributed by atoms with van der Waals surface area (Å²) in [7, 11) is 2.78. The zero-order valence-corrected chi connectivity index (χ0v) is 16.4. The molecule has 1 aromatic heterocycles. The standard InChI is InChI=1S/C17H21N3O7S/c1-17(22,9-25-2)8-18-16(21)12-4-14(26-3)15(5-13(12)20(23)24)27-6-11-7-28-10-19-11/h4-5,7,10,22H,6,8-9H2,1-3H3,(H,18,21)/t17-/m0/s1. The third-order valence-electron chi connectivity index (χ3n) is 3.67. The molecule has 1 atom stereocenters. The Kier molecular flexibility index (Phi) is 7.26. The molecule has 1 amide bonds. The van der Waals surface area contributed by atoms with Gasteiger partial charge in [-0.25, -0.2) is 4.98 Å². The Hall–Kier alpha value is -2.76. The number of nitro groups is 1. The summed E-state index contributed by atoms with van der Waals surface area (Å²) in [5.41, 5.74) is 0.329. The van der Waals surface area contributed by atoms with Gasteiger partial charge in [0.15, 0.2) is 11.5 Å². The van der Waals surface area contributed by atoms with Crippen molar-refractivity contribution in [1.29, 1.82) is 0 Å². The molecule has 0 aliphatic carbocycles. The van der Waals surface area contributed by atoms with Crippen LogP contribution in [0.2, 0.25) is 0 Å². The van der Waals surface area contributed by atoms with E-state index in [0.717, 1.165) is 6.07 Å². The molecule has 1 aromatic carbocycles. The molecular weight excluding hydrogens is 390 g/mol. The Labute approximate surface area is 165 Å². The normalized spacial score (nSPS) is 12.9. The third kappa shape index (κ3) is 5.62. The molecule has 2 aromatic rings. The second kappa shape index (κ2) is 9.44. The van der Waals surface area contributed by atoms with Gasteiger partial charge in [0, 0.05) is 25.1 Å². The van der Waals surface area contributed by atoms with Crippen LogP contribution in [0.1, 0.15) is 23.0 Å². The highest BCUT2D eigenvalue weighted by molar-refractivity contribution is 7.07. The first-order valence-corrected chi connectivity index (χ1v) is 9.07. The minimum absolute atomic E-state index is 0.0118. The molecule has 0 saturated carbocycles. The number of ether oxygens (including phenoxy) is 3. The third-order valence-corrected chi connectivity index (χ3v) is 4.30. The smallest absolute Gasteiger partial charge is 0.286 e. The number of hydrogen-bond donors (Lipinski definition) is 2. The average Bonchev–Trinajstić information content (AvgIpc) is 3.17. The summed E-state index contributed by atoms with van der Waals surface area (Å²) < 4.78 is 15.6. The fourth-order valence-corrected chi connectivity index (χ4v) is 2.89. The summed E-state index contributed by atoms with van der Waals surface area (Å²) in [6.45, 7) is 1.41.